The average molecular weight is 618 g/mol. The van der Waals surface area contributed by atoms with Crippen LogP contribution < -0.4 is 9.47 Å². The minimum atomic E-state index is -3.94. The molecule has 6 aromatic rings. The zero-order chi connectivity index (χ0) is 31.2. The number of hydrogen-bond donors (Lipinski definition) is 0. The number of fused-ring (bicyclic) bond motifs is 1. The molecular formula is C37H35N3O4S. The summed E-state index contributed by atoms with van der Waals surface area (Å²) in [5, 5.41) is 0.747. The third-order valence-corrected chi connectivity index (χ3v) is 9.24. The van der Waals surface area contributed by atoms with Crippen molar-refractivity contribution in [3.05, 3.63) is 133 Å². The van der Waals surface area contributed by atoms with Crippen LogP contribution in [0.25, 0.3) is 33.3 Å². The first-order valence-electron chi connectivity index (χ1n) is 14.8. The first-order valence-corrected chi connectivity index (χ1v) is 16.3. The Labute approximate surface area is 264 Å². The van der Waals surface area contributed by atoms with Crippen LogP contribution in [0.15, 0.2) is 133 Å². The first-order chi connectivity index (χ1) is 21.9. The summed E-state index contributed by atoms with van der Waals surface area (Å²) in [6.45, 7) is 2.03. The Bertz CT molecular complexity index is 1990. The van der Waals surface area contributed by atoms with Gasteiger partial charge >= 0.3 is 0 Å². The van der Waals surface area contributed by atoms with Gasteiger partial charge in [-0.25, -0.2) is 12.4 Å². The summed E-state index contributed by atoms with van der Waals surface area (Å²) < 4.78 is 41.6. The Morgan fingerprint density at radius 2 is 1.40 bits per heavy atom. The van der Waals surface area contributed by atoms with Gasteiger partial charge in [-0.1, -0.05) is 60.7 Å². The van der Waals surface area contributed by atoms with Crippen LogP contribution in [0.5, 0.6) is 11.5 Å². The van der Waals surface area contributed by atoms with E-state index < -0.39 is 10.0 Å². The van der Waals surface area contributed by atoms with Crippen molar-refractivity contribution >= 4 is 20.9 Å². The molecular weight excluding hydrogens is 582 g/mol. The number of ether oxygens (including phenoxy) is 2. The molecule has 45 heavy (non-hydrogen) atoms. The fraction of sp³-hybridized carbons (Fsp3) is 0.162. The molecule has 0 aliphatic carbocycles. The Kier molecular flexibility index (Phi) is 8.96. The van der Waals surface area contributed by atoms with Crippen LogP contribution in [0.3, 0.4) is 0 Å². The van der Waals surface area contributed by atoms with Crippen LogP contribution in [-0.2, 0) is 16.6 Å². The van der Waals surface area contributed by atoms with E-state index in [0.717, 1.165) is 40.8 Å². The van der Waals surface area contributed by atoms with E-state index in [1.165, 1.54) is 3.97 Å². The molecule has 0 saturated carbocycles. The second-order valence-corrected chi connectivity index (χ2v) is 12.9. The molecule has 2 aromatic heterocycles. The van der Waals surface area contributed by atoms with E-state index in [2.05, 4.69) is 9.88 Å². The molecule has 0 atom stereocenters. The van der Waals surface area contributed by atoms with Gasteiger partial charge in [-0.15, -0.1) is 0 Å². The Morgan fingerprint density at radius 1 is 0.711 bits per heavy atom. The van der Waals surface area contributed by atoms with Crippen LogP contribution in [-0.4, -0.2) is 49.5 Å². The van der Waals surface area contributed by atoms with Gasteiger partial charge in [0.15, 0.2) is 0 Å². The lowest BCUT2D eigenvalue weighted by molar-refractivity contribution is 0.281. The third kappa shape index (κ3) is 6.93. The van der Waals surface area contributed by atoms with Crippen molar-refractivity contribution in [2.45, 2.75) is 17.9 Å². The first kappa shape index (κ1) is 30.1. The second-order valence-electron chi connectivity index (χ2n) is 11.1. The fourth-order valence-electron chi connectivity index (χ4n) is 5.21. The zero-order valence-corrected chi connectivity index (χ0v) is 26.2. The minimum absolute atomic E-state index is 0.207. The molecule has 0 spiro atoms. The summed E-state index contributed by atoms with van der Waals surface area (Å²) in [5.41, 5.74) is 4.63. The van der Waals surface area contributed by atoms with Crippen molar-refractivity contribution in [1.29, 1.82) is 0 Å². The maximum Gasteiger partial charge on any atom is 0.268 e. The molecule has 7 nitrogen and oxygen atoms in total. The van der Waals surface area contributed by atoms with Gasteiger partial charge in [-0.2, -0.15) is 0 Å². The lowest BCUT2D eigenvalue weighted by Crippen LogP contribution is -2.15. The topological polar surface area (TPSA) is 73.7 Å². The van der Waals surface area contributed by atoms with E-state index in [9.17, 15) is 8.42 Å². The van der Waals surface area contributed by atoms with Gasteiger partial charge in [0.2, 0.25) is 0 Å². The quantitative estimate of drug-likeness (QED) is 0.132. The highest BCUT2D eigenvalue weighted by atomic mass is 32.2. The number of aromatic nitrogens is 2. The van der Waals surface area contributed by atoms with Gasteiger partial charge in [-0.3, -0.25) is 4.98 Å². The summed E-state index contributed by atoms with van der Waals surface area (Å²) in [6, 6.07) is 35.6. The van der Waals surface area contributed by atoms with Crippen LogP contribution in [0, 0.1) is 0 Å². The molecule has 0 aliphatic rings. The minimum Gasteiger partial charge on any atom is -0.494 e. The summed E-state index contributed by atoms with van der Waals surface area (Å²) >= 11 is 0. The number of nitrogens with zero attached hydrogens (tertiary/aromatic N) is 3. The summed E-state index contributed by atoms with van der Waals surface area (Å²) in [7, 11) is 0.156. The summed E-state index contributed by atoms with van der Waals surface area (Å²) in [5.74, 6) is 1.46. The molecule has 8 heteroatoms. The van der Waals surface area contributed by atoms with Crippen LogP contribution in [0.2, 0.25) is 0 Å². The van der Waals surface area contributed by atoms with Crippen molar-refractivity contribution in [3.63, 3.8) is 0 Å². The third-order valence-electron chi connectivity index (χ3n) is 7.50. The van der Waals surface area contributed by atoms with E-state index in [4.69, 9.17) is 9.47 Å². The molecule has 6 rings (SSSR count). The van der Waals surface area contributed by atoms with E-state index in [-0.39, 0.29) is 4.90 Å². The van der Waals surface area contributed by atoms with Crippen molar-refractivity contribution in [2.75, 3.05) is 27.2 Å². The molecule has 4 aromatic carbocycles. The predicted molar refractivity (Wildman–Crippen MR) is 179 cm³/mol. The highest BCUT2D eigenvalue weighted by Gasteiger charge is 2.24. The highest BCUT2D eigenvalue weighted by Crippen LogP contribution is 2.35. The van der Waals surface area contributed by atoms with Gasteiger partial charge in [0.1, 0.15) is 18.1 Å². The molecule has 0 N–H and O–H groups in total. The largest absolute Gasteiger partial charge is 0.494 e. The smallest absolute Gasteiger partial charge is 0.268 e. The van der Waals surface area contributed by atoms with Gasteiger partial charge < -0.3 is 14.4 Å². The van der Waals surface area contributed by atoms with E-state index in [1.54, 1.807) is 48.8 Å². The average Bonchev–Trinajstić information content (AvgIpc) is 3.47. The summed E-state index contributed by atoms with van der Waals surface area (Å²) in [4.78, 5) is 6.86. The fourth-order valence-corrected chi connectivity index (χ4v) is 6.76. The monoisotopic (exact) mass is 617 g/mol. The molecule has 0 amide bonds. The number of benzene rings is 4. The Hall–Kier alpha value is -4.92. The maximum absolute atomic E-state index is 14.1. The normalized spacial score (nSPS) is 11.6. The molecule has 0 radical (unpaired) electrons. The van der Waals surface area contributed by atoms with Crippen molar-refractivity contribution < 1.29 is 17.9 Å². The van der Waals surface area contributed by atoms with Crippen molar-refractivity contribution in [2.24, 2.45) is 0 Å². The predicted octanol–water partition coefficient (Wildman–Crippen LogP) is 7.52. The lowest BCUT2D eigenvalue weighted by atomic mass is 10.0. The van der Waals surface area contributed by atoms with Crippen LogP contribution >= 0.6 is 0 Å². The molecule has 0 bridgehead atoms. The lowest BCUT2D eigenvalue weighted by Gasteiger charge is -2.13. The van der Waals surface area contributed by atoms with E-state index >= 15 is 0 Å². The molecule has 2 heterocycles. The van der Waals surface area contributed by atoms with E-state index in [0.29, 0.717) is 35.7 Å². The van der Waals surface area contributed by atoms with Gasteiger partial charge in [-0.05, 0) is 86.2 Å². The molecule has 228 valence electrons. The van der Waals surface area contributed by atoms with Crippen molar-refractivity contribution in [3.8, 4) is 33.9 Å². The second kappa shape index (κ2) is 13.4. The van der Waals surface area contributed by atoms with Gasteiger partial charge in [0.25, 0.3) is 10.0 Å². The Morgan fingerprint density at radius 3 is 2.13 bits per heavy atom. The number of hydrogen-bond acceptors (Lipinski definition) is 6. The maximum atomic E-state index is 14.1. The SMILES string of the molecule is CN(C)CCCOc1ccc(-c2cncc(-c3cc4cc(OCc5ccccc5)ccc4n3S(=O)(=O)c3ccccc3)c2)cc1. The molecule has 0 saturated heterocycles. The van der Waals surface area contributed by atoms with Gasteiger partial charge in [0.05, 0.1) is 22.7 Å². The molecule has 0 fully saturated rings. The Balaban J connectivity index is 1.35. The zero-order valence-electron chi connectivity index (χ0n) is 25.3. The van der Waals surface area contributed by atoms with Crippen LogP contribution in [0.1, 0.15) is 12.0 Å². The van der Waals surface area contributed by atoms with Gasteiger partial charge in [0, 0.05) is 35.5 Å². The summed E-state index contributed by atoms with van der Waals surface area (Å²) in [6.07, 6.45) is 4.43. The van der Waals surface area contributed by atoms with Crippen molar-refractivity contribution in [1.82, 2.24) is 13.9 Å². The number of pyridine rings is 1. The van der Waals surface area contributed by atoms with E-state index in [1.807, 2.05) is 93.0 Å². The highest BCUT2D eigenvalue weighted by molar-refractivity contribution is 7.90. The van der Waals surface area contributed by atoms with Crippen LogP contribution in [0.4, 0.5) is 0 Å². The molecule has 0 unspecified atom stereocenters. The standard InChI is InChI=1S/C37H35N3O4S/c1-39(2)20-9-21-43-33-16-14-29(15-17-33)31-22-32(26-38-25-31)37-24-30-23-34(44-27-28-10-5-3-6-11-28)18-19-36(30)40(37)45(41,42)35-12-7-4-8-13-35/h3-8,10-19,22-26H,9,20-21,27H2,1-2H3. The number of rotatable bonds is 12. The molecule has 0 aliphatic heterocycles.